The van der Waals surface area contributed by atoms with E-state index in [0.717, 1.165) is 16.0 Å². The first kappa shape index (κ1) is 21.2. The van der Waals surface area contributed by atoms with E-state index in [0.29, 0.717) is 10.5 Å². The maximum Gasteiger partial charge on any atom is 0.130 e. The summed E-state index contributed by atoms with van der Waals surface area (Å²) in [4.78, 5) is 0. The summed E-state index contributed by atoms with van der Waals surface area (Å²) in [6.45, 7) is 4.63. The lowest BCUT2D eigenvalue weighted by Gasteiger charge is -2.38. The molecule has 0 atom stereocenters. The summed E-state index contributed by atoms with van der Waals surface area (Å²) in [5.74, 6) is -0.538. The zero-order valence-corrected chi connectivity index (χ0v) is 19.4. The van der Waals surface area contributed by atoms with Gasteiger partial charge in [-0.3, -0.25) is 0 Å². The molecule has 0 spiro atoms. The molecule has 3 rings (SSSR count). The molecule has 0 aliphatic carbocycles. The summed E-state index contributed by atoms with van der Waals surface area (Å²) in [6.07, 6.45) is 0. The molecule has 0 radical (unpaired) electrons. The van der Waals surface area contributed by atoms with Crippen LogP contribution in [0.5, 0.6) is 0 Å². The number of rotatable bonds is 6. The Morgan fingerprint density at radius 2 is 1.07 bits per heavy atom. The van der Waals surface area contributed by atoms with E-state index in [4.69, 9.17) is 23.2 Å². The molecule has 0 bridgehead atoms. The Labute approximate surface area is 177 Å². The second-order valence-electron chi connectivity index (χ2n) is 7.80. The van der Waals surface area contributed by atoms with Crippen LogP contribution in [0.15, 0.2) is 72.8 Å². The smallest absolute Gasteiger partial charge is 0.130 e. The Bertz CT molecular complexity index is 879. The molecule has 0 aliphatic heterocycles. The standard InChI is InChI=1S/C22H22Cl2F2Si2/c1-27(2,20-9-3-17(24)4-10-20)16-28(15-23,21-11-5-18(25)6-12-21)22-13-7-19(26)8-14-22/h3-14H,15-16H2,1-2H3. The lowest BCUT2D eigenvalue weighted by molar-refractivity contribution is 0.628. The highest BCUT2D eigenvalue weighted by Gasteiger charge is 2.43. The van der Waals surface area contributed by atoms with Crippen LogP contribution in [-0.4, -0.2) is 21.7 Å². The van der Waals surface area contributed by atoms with Crippen molar-refractivity contribution in [2.45, 2.75) is 18.8 Å². The van der Waals surface area contributed by atoms with Crippen molar-refractivity contribution in [3.8, 4) is 0 Å². The Morgan fingerprint density at radius 1 is 0.679 bits per heavy atom. The van der Waals surface area contributed by atoms with E-state index in [2.05, 4.69) is 25.2 Å². The largest absolute Gasteiger partial charge is 0.207 e. The van der Waals surface area contributed by atoms with Gasteiger partial charge in [0.15, 0.2) is 0 Å². The Hall–Kier alpha value is -1.47. The second-order valence-corrected chi connectivity index (χ2v) is 18.4. The number of halogens is 4. The summed E-state index contributed by atoms with van der Waals surface area (Å²) in [6, 6.07) is 21.4. The molecule has 0 saturated heterocycles. The molecule has 0 aromatic heterocycles. The SMILES string of the molecule is C[Si](C)(C[Si](CCl)(c1ccc(F)cc1)c1ccc(F)cc1)c1ccc(Cl)cc1. The van der Waals surface area contributed by atoms with E-state index < -0.39 is 16.1 Å². The molecule has 0 aliphatic rings. The summed E-state index contributed by atoms with van der Waals surface area (Å²) in [5, 5.41) is 4.16. The first-order chi connectivity index (χ1) is 13.3. The van der Waals surface area contributed by atoms with Crippen LogP contribution in [0, 0.1) is 11.6 Å². The van der Waals surface area contributed by atoms with E-state index in [1.165, 1.54) is 29.5 Å². The molecule has 6 heteroatoms. The molecule has 0 fully saturated rings. The van der Waals surface area contributed by atoms with E-state index in [1.54, 1.807) is 0 Å². The zero-order valence-electron chi connectivity index (χ0n) is 15.9. The summed E-state index contributed by atoms with van der Waals surface area (Å²) >= 11 is 12.7. The lowest BCUT2D eigenvalue weighted by Crippen LogP contribution is -2.66. The lowest BCUT2D eigenvalue weighted by atomic mass is 10.3. The van der Waals surface area contributed by atoms with Crippen LogP contribution in [0.25, 0.3) is 0 Å². The fourth-order valence-electron chi connectivity index (χ4n) is 3.87. The highest BCUT2D eigenvalue weighted by atomic mass is 35.5. The summed E-state index contributed by atoms with van der Waals surface area (Å²) < 4.78 is 27.2. The van der Waals surface area contributed by atoms with Crippen molar-refractivity contribution >= 4 is 54.9 Å². The first-order valence-electron chi connectivity index (χ1n) is 9.11. The number of hydrogen-bond acceptors (Lipinski definition) is 0. The molecule has 0 nitrogen and oxygen atoms in total. The summed E-state index contributed by atoms with van der Waals surface area (Å²) in [7, 11) is -4.36. The Morgan fingerprint density at radius 3 is 1.46 bits per heavy atom. The quantitative estimate of drug-likeness (QED) is 0.361. The molecule has 0 saturated carbocycles. The minimum Gasteiger partial charge on any atom is -0.207 e. The van der Waals surface area contributed by atoms with Gasteiger partial charge in [0.1, 0.15) is 19.7 Å². The molecule has 0 unspecified atom stereocenters. The number of alkyl halides is 1. The van der Waals surface area contributed by atoms with Crippen molar-refractivity contribution < 1.29 is 8.78 Å². The van der Waals surface area contributed by atoms with Crippen molar-refractivity contribution in [1.29, 1.82) is 0 Å². The summed E-state index contributed by atoms with van der Waals surface area (Å²) in [5.41, 5.74) is 1.39. The van der Waals surface area contributed by atoms with Gasteiger partial charge >= 0.3 is 0 Å². The third kappa shape index (κ3) is 4.41. The number of hydrogen-bond donors (Lipinski definition) is 0. The topological polar surface area (TPSA) is 0 Å². The highest BCUT2D eigenvalue weighted by Crippen LogP contribution is 2.23. The highest BCUT2D eigenvalue weighted by molar-refractivity contribution is 7.14. The fourth-order valence-corrected chi connectivity index (χ4v) is 18.0. The normalized spacial score (nSPS) is 12.2. The van der Waals surface area contributed by atoms with Gasteiger partial charge in [-0.2, -0.15) is 0 Å². The van der Waals surface area contributed by atoms with Gasteiger partial charge in [-0.1, -0.05) is 76.7 Å². The molecule has 146 valence electrons. The first-order valence-corrected chi connectivity index (χ1v) is 15.6. The van der Waals surface area contributed by atoms with Crippen LogP contribution in [0.4, 0.5) is 8.78 Å². The van der Waals surface area contributed by atoms with Gasteiger partial charge < -0.3 is 0 Å². The predicted octanol–water partition coefficient (Wildman–Crippen LogP) is 5.11. The third-order valence-corrected chi connectivity index (χ3v) is 18.2. The average molecular weight is 451 g/mol. The molecule has 28 heavy (non-hydrogen) atoms. The molecule has 0 amide bonds. The molecular formula is C22H22Cl2F2Si2. The molecule has 3 aromatic carbocycles. The van der Waals surface area contributed by atoms with Gasteiger partial charge in [0, 0.05) is 10.5 Å². The van der Waals surface area contributed by atoms with Gasteiger partial charge in [0.25, 0.3) is 0 Å². The minimum absolute atomic E-state index is 0.269. The minimum atomic E-state index is -2.44. The molecule has 0 heterocycles. The van der Waals surface area contributed by atoms with Gasteiger partial charge in [0.05, 0.1) is 8.07 Å². The fraction of sp³-hybridized carbons (Fsp3) is 0.182. The van der Waals surface area contributed by atoms with Crippen molar-refractivity contribution in [3.63, 3.8) is 0 Å². The van der Waals surface area contributed by atoms with Crippen molar-refractivity contribution in [2.75, 3.05) is 5.50 Å². The second kappa shape index (κ2) is 8.50. The van der Waals surface area contributed by atoms with Crippen LogP contribution in [-0.2, 0) is 0 Å². The van der Waals surface area contributed by atoms with E-state index in [9.17, 15) is 8.78 Å². The van der Waals surface area contributed by atoms with E-state index in [1.807, 2.05) is 36.4 Å². The van der Waals surface area contributed by atoms with Crippen LogP contribution >= 0.6 is 23.2 Å². The predicted molar refractivity (Wildman–Crippen MR) is 122 cm³/mol. The van der Waals surface area contributed by atoms with Gasteiger partial charge in [-0.25, -0.2) is 8.78 Å². The molecule has 3 aromatic rings. The zero-order chi connectivity index (χ0) is 20.4. The Kier molecular flexibility index (Phi) is 6.45. The maximum atomic E-state index is 13.6. The monoisotopic (exact) mass is 450 g/mol. The van der Waals surface area contributed by atoms with Gasteiger partial charge in [0.2, 0.25) is 0 Å². The van der Waals surface area contributed by atoms with Crippen LogP contribution < -0.4 is 15.6 Å². The van der Waals surface area contributed by atoms with Gasteiger partial charge in [-0.15, -0.1) is 11.6 Å². The van der Waals surface area contributed by atoms with Crippen molar-refractivity contribution in [3.05, 3.63) is 89.5 Å². The maximum absolute atomic E-state index is 13.6. The van der Waals surface area contributed by atoms with E-state index in [-0.39, 0.29) is 11.6 Å². The average Bonchev–Trinajstić information content (AvgIpc) is 2.68. The van der Waals surface area contributed by atoms with Gasteiger partial charge in [-0.05, 0) is 42.1 Å². The number of benzene rings is 3. The van der Waals surface area contributed by atoms with Crippen LogP contribution in [0.1, 0.15) is 0 Å². The van der Waals surface area contributed by atoms with Crippen molar-refractivity contribution in [2.24, 2.45) is 0 Å². The van der Waals surface area contributed by atoms with Crippen LogP contribution in [0.2, 0.25) is 23.8 Å². The Balaban J connectivity index is 2.13. The van der Waals surface area contributed by atoms with Crippen molar-refractivity contribution in [1.82, 2.24) is 0 Å². The van der Waals surface area contributed by atoms with E-state index >= 15 is 0 Å². The third-order valence-electron chi connectivity index (χ3n) is 5.39. The molecule has 0 N–H and O–H groups in total. The van der Waals surface area contributed by atoms with Crippen LogP contribution in [0.3, 0.4) is 0 Å². The molecular weight excluding hydrogens is 429 g/mol.